The lowest BCUT2D eigenvalue weighted by Crippen LogP contribution is -2.26. The number of aromatic hydroxyl groups is 1. The first-order valence-electron chi connectivity index (χ1n) is 6.16. The Kier molecular flexibility index (Phi) is 6.15. The number of hydrogen-bond acceptors (Lipinski definition) is 5. The van der Waals surface area contributed by atoms with Crippen LogP contribution in [0.15, 0.2) is 18.2 Å². The van der Waals surface area contributed by atoms with Crippen LogP contribution in [0.3, 0.4) is 0 Å². The van der Waals surface area contributed by atoms with E-state index in [4.69, 9.17) is 4.74 Å². The van der Waals surface area contributed by atoms with E-state index in [0.29, 0.717) is 19.5 Å². The second kappa shape index (κ2) is 7.88. The van der Waals surface area contributed by atoms with Crippen LogP contribution >= 0.6 is 0 Å². The molecule has 0 aliphatic carbocycles. The Morgan fingerprint density at radius 3 is 2.65 bits per heavy atom. The van der Waals surface area contributed by atoms with Crippen LogP contribution in [0.1, 0.15) is 12.5 Å². The average Bonchev–Trinajstić information content (AvgIpc) is 2.42. The molecule has 2 amide bonds. The number of carbonyl (C=O) groups excluding carboxylic acids is 2. The maximum absolute atomic E-state index is 11.3. The Bertz CT molecular complexity index is 476. The number of benzene rings is 1. The number of carbonyl (C=O) groups is 2. The molecule has 0 radical (unpaired) electrons. The molecule has 0 aliphatic rings. The molecular formula is C13H18N2O5. The molecule has 0 saturated carbocycles. The van der Waals surface area contributed by atoms with Gasteiger partial charge in [0, 0.05) is 13.1 Å². The molecule has 110 valence electrons. The fraction of sp³-hybridized carbons (Fsp3) is 0.385. The number of nitrogens with one attached hydrogen (secondary N) is 2. The summed E-state index contributed by atoms with van der Waals surface area (Å²) >= 11 is 0. The predicted molar refractivity (Wildman–Crippen MR) is 71.9 cm³/mol. The summed E-state index contributed by atoms with van der Waals surface area (Å²) in [5, 5.41) is 14.6. The summed E-state index contributed by atoms with van der Waals surface area (Å²) in [7, 11) is 1.29. The summed E-state index contributed by atoms with van der Waals surface area (Å²) in [4.78, 5) is 22.2. The molecule has 3 N–H and O–H groups in total. The summed E-state index contributed by atoms with van der Waals surface area (Å²) in [6.45, 7) is 2.57. The molecule has 20 heavy (non-hydrogen) atoms. The third-order valence-electron chi connectivity index (χ3n) is 2.42. The van der Waals surface area contributed by atoms with Gasteiger partial charge in [-0.25, -0.2) is 9.59 Å². The number of ether oxygens (including phenoxy) is 2. The summed E-state index contributed by atoms with van der Waals surface area (Å²) in [5.74, 6) is -0.0487. The number of phenols is 1. The molecule has 0 bridgehead atoms. The Labute approximate surface area is 116 Å². The molecule has 0 atom stereocenters. The minimum absolute atomic E-state index is 0.0755. The van der Waals surface area contributed by atoms with Crippen molar-refractivity contribution in [2.24, 2.45) is 0 Å². The maximum atomic E-state index is 11.3. The number of phenolic OH excluding ortho intramolecular Hbond substituents is 1. The van der Waals surface area contributed by atoms with Gasteiger partial charge in [-0.2, -0.15) is 0 Å². The predicted octanol–water partition coefficient (Wildman–Crippen LogP) is 1.40. The molecule has 0 aliphatic heterocycles. The van der Waals surface area contributed by atoms with Crippen molar-refractivity contribution in [3.05, 3.63) is 23.8 Å². The van der Waals surface area contributed by atoms with Crippen LogP contribution in [0.5, 0.6) is 11.5 Å². The Balaban J connectivity index is 2.61. The van der Waals surface area contributed by atoms with E-state index >= 15 is 0 Å². The lowest BCUT2D eigenvalue weighted by atomic mass is 10.1. The number of amides is 2. The number of rotatable bonds is 5. The lowest BCUT2D eigenvalue weighted by molar-refractivity contribution is 0.171. The molecule has 7 nitrogen and oxygen atoms in total. The van der Waals surface area contributed by atoms with Crippen LogP contribution in [0.25, 0.3) is 0 Å². The van der Waals surface area contributed by atoms with Gasteiger partial charge in [-0.3, -0.25) is 0 Å². The van der Waals surface area contributed by atoms with E-state index in [1.54, 1.807) is 19.1 Å². The minimum atomic E-state index is -0.632. The Hall–Kier alpha value is -2.44. The van der Waals surface area contributed by atoms with Crippen LogP contribution < -0.4 is 15.4 Å². The number of alkyl carbamates (subject to hydrolysis) is 1. The zero-order chi connectivity index (χ0) is 15.0. The van der Waals surface area contributed by atoms with Gasteiger partial charge in [-0.05, 0) is 31.0 Å². The van der Waals surface area contributed by atoms with Gasteiger partial charge in [0.1, 0.15) is 0 Å². The minimum Gasteiger partial charge on any atom is -0.504 e. The summed E-state index contributed by atoms with van der Waals surface area (Å²) in [5.41, 5.74) is 0.804. The van der Waals surface area contributed by atoms with Gasteiger partial charge in [0.2, 0.25) is 0 Å². The monoisotopic (exact) mass is 282 g/mol. The van der Waals surface area contributed by atoms with E-state index in [9.17, 15) is 14.7 Å². The van der Waals surface area contributed by atoms with Crippen molar-refractivity contribution in [2.75, 3.05) is 20.2 Å². The standard InChI is InChI=1S/C13H18N2O5/c1-3-14-13(18)20-11-8-9(4-5-10(11)16)6-7-15-12(17)19-2/h4-5,8,16H,3,6-7H2,1-2H3,(H,14,18)(H,15,17). The zero-order valence-electron chi connectivity index (χ0n) is 11.4. The molecule has 1 aromatic carbocycles. The molecule has 0 heterocycles. The van der Waals surface area contributed by atoms with Gasteiger partial charge in [-0.15, -0.1) is 0 Å². The van der Waals surface area contributed by atoms with Gasteiger partial charge in [-0.1, -0.05) is 6.07 Å². The highest BCUT2D eigenvalue weighted by Gasteiger charge is 2.09. The van der Waals surface area contributed by atoms with Crippen LogP contribution in [0.4, 0.5) is 9.59 Å². The molecule has 0 saturated heterocycles. The van der Waals surface area contributed by atoms with Crippen LogP contribution in [-0.2, 0) is 11.2 Å². The Morgan fingerprint density at radius 2 is 2.00 bits per heavy atom. The number of methoxy groups -OCH3 is 1. The van der Waals surface area contributed by atoms with E-state index in [1.807, 2.05) is 0 Å². The molecule has 0 aromatic heterocycles. The van der Waals surface area contributed by atoms with E-state index < -0.39 is 12.2 Å². The van der Waals surface area contributed by atoms with E-state index in [2.05, 4.69) is 15.4 Å². The highest BCUT2D eigenvalue weighted by atomic mass is 16.6. The van der Waals surface area contributed by atoms with Crippen molar-refractivity contribution >= 4 is 12.2 Å². The normalized spacial score (nSPS) is 9.70. The molecule has 7 heteroatoms. The number of hydrogen-bond donors (Lipinski definition) is 3. The molecule has 0 fully saturated rings. The second-order valence-corrected chi connectivity index (χ2v) is 3.89. The van der Waals surface area contributed by atoms with Gasteiger partial charge < -0.3 is 25.2 Å². The van der Waals surface area contributed by atoms with Crippen molar-refractivity contribution in [1.82, 2.24) is 10.6 Å². The van der Waals surface area contributed by atoms with Crippen molar-refractivity contribution in [1.29, 1.82) is 0 Å². The van der Waals surface area contributed by atoms with Gasteiger partial charge in [0.25, 0.3) is 0 Å². The van der Waals surface area contributed by atoms with Gasteiger partial charge in [0.05, 0.1) is 7.11 Å². The van der Waals surface area contributed by atoms with Crippen LogP contribution in [0, 0.1) is 0 Å². The molecule has 1 rings (SSSR count). The smallest absolute Gasteiger partial charge is 0.412 e. The quantitative estimate of drug-likeness (QED) is 0.758. The van der Waals surface area contributed by atoms with Crippen molar-refractivity contribution in [2.45, 2.75) is 13.3 Å². The fourth-order valence-corrected chi connectivity index (χ4v) is 1.46. The second-order valence-electron chi connectivity index (χ2n) is 3.89. The van der Waals surface area contributed by atoms with Crippen LogP contribution in [-0.4, -0.2) is 37.5 Å². The van der Waals surface area contributed by atoms with Gasteiger partial charge in [0.15, 0.2) is 11.5 Å². The fourth-order valence-electron chi connectivity index (χ4n) is 1.46. The lowest BCUT2D eigenvalue weighted by Gasteiger charge is -2.09. The molecular weight excluding hydrogens is 264 g/mol. The summed E-state index contributed by atoms with van der Waals surface area (Å²) < 4.78 is 9.41. The average molecular weight is 282 g/mol. The largest absolute Gasteiger partial charge is 0.504 e. The maximum Gasteiger partial charge on any atom is 0.412 e. The van der Waals surface area contributed by atoms with Crippen LogP contribution in [0.2, 0.25) is 0 Å². The topological polar surface area (TPSA) is 96.9 Å². The molecule has 1 aromatic rings. The molecule has 0 unspecified atom stereocenters. The third kappa shape index (κ3) is 5.05. The highest BCUT2D eigenvalue weighted by Crippen LogP contribution is 2.27. The first-order chi connectivity index (χ1) is 9.56. The zero-order valence-corrected chi connectivity index (χ0v) is 11.4. The molecule has 0 spiro atoms. The van der Waals surface area contributed by atoms with Gasteiger partial charge >= 0.3 is 12.2 Å². The van der Waals surface area contributed by atoms with Crippen molar-refractivity contribution in [3.63, 3.8) is 0 Å². The first kappa shape index (κ1) is 15.6. The highest BCUT2D eigenvalue weighted by molar-refractivity contribution is 5.71. The van der Waals surface area contributed by atoms with E-state index in [1.165, 1.54) is 13.2 Å². The van der Waals surface area contributed by atoms with Crippen molar-refractivity contribution in [3.8, 4) is 11.5 Å². The Morgan fingerprint density at radius 1 is 1.25 bits per heavy atom. The summed E-state index contributed by atoms with van der Waals surface area (Å²) in [6, 6.07) is 4.66. The third-order valence-corrected chi connectivity index (χ3v) is 2.42. The first-order valence-corrected chi connectivity index (χ1v) is 6.16. The van der Waals surface area contributed by atoms with Crippen molar-refractivity contribution < 1.29 is 24.2 Å². The van der Waals surface area contributed by atoms with E-state index in [-0.39, 0.29) is 11.5 Å². The SMILES string of the molecule is CCNC(=O)Oc1cc(CCNC(=O)OC)ccc1O. The summed E-state index contributed by atoms with van der Waals surface area (Å²) in [6.07, 6.45) is -0.628. The van der Waals surface area contributed by atoms with E-state index in [0.717, 1.165) is 5.56 Å².